The van der Waals surface area contributed by atoms with Gasteiger partial charge in [-0.05, 0) is 84.6 Å². The minimum atomic E-state index is -1.26. The van der Waals surface area contributed by atoms with Crippen molar-refractivity contribution in [1.82, 2.24) is 16.0 Å². The Balaban J connectivity index is 0.000000401. The lowest BCUT2D eigenvalue weighted by Gasteiger charge is -2.31. The third-order valence-electron chi connectivity index (χ3n) is 10.8. The monoisotopic (exact) mass is 1160 g/mol. The molecule has 0 aliphatic rings. The molecule has 6 aromatic carbocycles. The number of hydrogen-bond donors (Lipinski definition) is 4. The van der Waals surface area contributed by atoms with E-state index >= 15 is 0 Å². The van der Waals surface area contributed by atoms with Crippen molar-refractivity contribution in [2.75, 3.05) is 46.0 Å². The van der Waals surface area contributed by atoms with Gasteiger partial charge in [-0.3, -0.25) is 20.2 Å². The van der Waals surface area contributed by atoms with Gasteiger partial charge in [0.25, 0.3) is 5.60 Å². The number of carbonyl (C=O) groups is 3. The van der Waals surface area contributed by atoms with Gasteiger partial charge < -0.3 is 49.9 Å². The Hall–Kier alpha value is -9.16. The number of benzene rings is 6. The van der Waals surface area contributed by atoms with Crippen LogP contribution in [0.2, 0.25) is 0 Å². The smallest absolute Gasteiger partial charge is 0.407 e. The predicted molar refractivity (Wildman–Crippen MR) is 325 cm³/mol. The molecule has 0 aliphatic heterocycles. The van der Waals surface area contributed by atoms with Crippen LogP contribution in [0.1, 0.15) is 103 Å². The zero-order valence-corrected chi connectivity index (χ0v) is 48.4. The van der Waals surface area contributed by atoms with Crippen LogP contribution in [0, 0.1) is 31.5 Å². The summed E-state index contributed by atoms with van der Waals surface area (Å²) in [6, 6.07) is 57.9. The summed E-state index contributed by atoms with van der Waals surface area (Å²) in [6.45, 7) is 16.3. The molecule has 6 aromatic rings. The molecular formula is C64H80N6O14. The largest absolute Gasteiger partial charge is 0.498 e. The molecule has 20 nitrogen and oxygen atoms in total. The molecule has 0 heterocycles. The topological polar surface area (TPSA) is 267 Å². The number of alkyl carbamates (subject to hydrolysis) is 3. The van der Waals surface area contributed by atoms with Crippen LogP contribution in [-0.2, 0) is 34.9 Å². The van der Waals surface area contributed by atoms with Crippen molar-refractivity contribution < 1.29 is 53.0 Å². The molecule has 3 amide bonds. The number of nitrogens with zero attached hydrogens (tertiary/aromatic N) is 3. The highest BCUT2D eigenvalue weighted by molar-refractivity contribution is 5.78. The molecule has 84 heavy (non-hydrogen) atoms. The third-order valence-corrected chi connectivity index (χ3v) is 10.8. The van der Waals surface area contributed by atoms with Crippen LogP contribution >= 0.6 is 0 Å². The predicted octanol–water partition coefficient (Wildman–Crippen LogP) is 12.5. The van der Waals surface area contributed by atoms with Gasteiger partial charge in [0.1, 0.15) is 16.8 Å². The number of nitro groups is 2. The zero-order valence-electron chi connectivity index (χ0n) is 48.4. The fourth-order valence-corrected chi connectivity index (χ4v) is 7.56. The van der Waals surface area contributed by atoms with Gasteiger partial charge >= 0.3 is 24.3 Å². The van der Waals surface area contributed by atoms with Crippen LogP contribution in [-0.4, -0.2) is 96.0 Å². The fraction of sp³-hybridized carbons (Fsp3) is 0.344. The zero-order chi connectivity index (χ0) is 61.4. The van der Waals surface area contributed by atoms with Crippen molar-refractivity contribution in [2.45, 2.75) is 97.7 Å². The maximum Gasteiger partial charge on any atom is 0.407 e. The van der Waals surface area contributed by atoms with E-state index in [2.05, 4.69) is 27.0 Å². The number of hydrogen-bond acceptors (Lipinski definition) is 14. The van der Waals surface area contributed by atoms with Crippen LogP contribution in [0.4, 0.5) is 14.4 Å². The van der Waals surface area contributed by atoms with E-state index in [9.17, 15) is 39.8 Å². The van der Waals surface area contributed by atoms with Crippen molar-refractivity contribution in [1.29, 1.82) is 0 Å². The third kappa shape index (κ3) is 26.6. The van der Waals surface area contributed by atoms with Crippen LogP contribution in [0.25, 0.3) is 10.6 Å². The minimum absolute atomic E-state index is 0. The maximum atomic E-state index is 11.8. The Labute approximate surface area is 492 Å². The summed E-state index contributed by atoms with van der Waals surface area (Å²) < 4.78 is 27.4. The van der Waals surface area contributed by atoms with Gasteiger partial charge in [0, 0.05) is 40.7 Å². The lowest BCUT2D eigenvalue weighted by atomic mass is 9.86. The second kappa shape index (κ2) is 35.6. The summed E-state index contributed by atoms with van der Waals surface area (Å²) in [5, 5.41) is 52.2. The first-order valence-corrected chi connectivity index (χ1v) is 26.5. The molecule has 0 fully saturated rings. The lowest BCUT2D eigenvalue weighted by molar-refractivity contribution is -0.501. The number of nitrogens with one attached hydrogen (secondary N) is 3. The molecule has 0 saturated heterocycles. The number of carbonyl (C=O) groups excluding carboxylic acids is 3. The molecule has 0 bridgehead atoms. The molecule has 0 aromatic heterocycles. The van der Waals surface area contributed by atoms with Crippen molar-refractivity contribution in [3.05, 3.63) is 252 Å². The van der Waals surface area contributed by atoms with Gasteiger partial charge in [0.15, 0.2) is 5.60 Å². The second-order valence-electron chi connectivity index (χ2n) is 20.9. The van der Waals surface area contributed by atoms with Crippen molar-refractivity contribution in [3.63, 3.8) is 0 Å². The maximum absolute atomic E-state index is 11.8. The number of aliphatic hydroxyl groups excluding tert-OH is 1. The first-order valence-electron chi connectivity index (χ1n) is 26.5. The highest BCUT2D eigenvalue weighted by Gasteiger charge is 2.42. The van der Waals surface area contributed by atoms with E-state index in [1.54, 1.807) is 86.6 Å². The Morgan fingerprint density at radius 3 is 1.12 bits per heavy atom. The summed E-state index contributed by atoms with van der Waals surface area (Å²) in [7, 11) is 0. The van der Waals surface area contributed by atoms with Gasteiger partial charge in [-0.1, -0.05) is 189 Å². The van der Waals surface area contributed by atoms with E-state index in [4.69, 9.17) is 28.8 Å². The first kappa shape index (κ1) is 70.9. The molecule has 20 heteroatoms. The van der Waals surface area contributed by atoms with Crippen molar-refractivity contribution in [2.24, 2.45) is 0 Å². The van der Waals surface area contributed by atoms with Crippen LogP contribution in [0.5, 0.6) is 0 Å². The van der Waals surface area contributed by atoms with Crippen LogP contribution < -0.4 is 16.0 Å². The van der Waals surface area contributed by atoms with Gasteiger partial charge in [-0.25, -0.2) is 14.4 Å². The number of ether oxygens (including phenoxy) is 5. The summed E-state index contributed by atoms with van der Waals surface area (Å²) in [6.07, 6.45) is -0.537. The average Bonchev–Trinajstić information content (AvgIpc) is 3.61. The molecular weight excluding hydrogens is 1080 g/mol. The average molecular weight is 1160 g/mol. The standard InChI is InChI=1S/C21H26N2O5.C21H24N2O4.C14H11NO2.C7H15NO3.CH4/c1-20(2,3)28-19(24)22-14-15-27-21(16-23(25)26,17-10-6-4-7-11-17)18-12-8-5-9-13-18;1-20(2,3)27-19(24)22-14-15-26-21(16-23-25,17-10-6-4-7-11-17)18-12-8-5-9-13-18;16-15(17)11-14(12-7-3-1-4-8-12)13-9-5-2-6-10-13;1-7(2,3)11-6(10)8-4-5-9;/h4-13H,14-16H2,1-3H3,(H,22,24);4-13H,14-15H2,1-3H3,(H,22,24);1-11H;9H,4-5H2,1-3H3,(H,8,10);1H4. The Kier molecular flexibility index (Phi) is 30.1. The Morgan fingerprint density at radius 2 is 0.821 bits per heavy atom. The summed E-state index contributed by atoms with van der Waals surface area (Å²) in [4.78, 5) is 55.7. The molecule has 0 unspecified atom stereocenters. The number of amides is 3. The van der Waals surface area contributed by atoms with Crippen molar-refractivity contribution >= 4 is 23.9 Å². The van der Waals surface area contributed by atoms with E-state index in [0.717, 1.165) is 17.3 Å². The molecule has 0 atom stereocenters. The molecule has 4 N–H and O–H groups in total. The van der Waals surface area contributed by atoms with Crippen molar-refractivity contribution in [3.8, 4) is 6.07 Å². The Bertz CT molecular complexity index is 2860. The number of rotatable bonds is 19. The van der Waals surface area contributed by atoms with Gasteiger partial charge in [-0.15, -0.1) is 0 Å². The minimum Gasteiger partial charge on any atom is -0.498 e. The quantitative estimate of drug-likeness (QED) is 0.0254. The Morgan fingerprint density at radius 1 is 0.512 bits per heavy atom. The van der Waals surface area contributed by atoms with Crippen LogP contribution in [0.3, 0.4) is 0 Å². The summed E-state index contributed by atoms with van der Waals surface area (Å²) in [5.41, 5.74) is 0.912. The highest BCUT2D eigenvalue weighted by atomic mass is 16.6. The molecule has 0 spiro atoms. The lowest BCUT2D eigenvalue weighted by Crippen LogP contribution is -2.41. The van der Waals surface area contributed by atoms with E-state index in [1.807, 2.05) is 158 Å². The fourth-order valence-electron chi connectivity index (χ4n) is 7.56. The highest BCUT2D eigenvalue weighted by Crippen LogP contribution is 2.35. The van der Waals surface area contributed by atoms with Gasteiger partial charge in [-0.2, -0.15) is 0 Å². The first-order chi connectivity index (χ1) is 39.3. The number of aliphatic hydroxyl groups is 1. The second-order valence-corrected chi connectivity index (χ2v) is 20.9. The van der Waals surface area contributed by atoms with Gasteiger partial charge in [0.05, 0.1) is 30.3 Å². The van der Waals surface area contributed by atoms with Crippen LogP contribution in [0.15, 0.2) is 188 Å². The summed E-state index contributed by atoms with van der Waals surface area (Å²) in [5.74, 6) is 0. The van der Waals surface area contributed by atoms with E-state index in [1.165, 1.54) is 0 Å². The van der Waals surface area contributed by atoms with E-state index in [-0.39, 0.29) is 51.8 Å². The molecule has 450 valence electrons. The molecule has 6 rings (SSSR count). The summed E-state index contributed by atoms with van der Waals surface area (Å²) >= 11 is 0. The van der Waals surface area contributed by atoms with E-state index in [0.29, 0.717) is 27.8 Å². The normalized spacial score (nSPS) is 10.9. The SMILES string of the molecule is C.CC(C)(C)OC(=O)NCCO.CC(C)(C)OC(=O)NCCOC(C#[N+][O-])(c1ccccc1)c1ccccc1.CC(C)(C)OC(=O)NCCOC(C[N+](=O)[O-])(c1ccccc1)c1ccccc1.O=[N+]([O-])C=C(c1ccccc1)c1ccccc1. The molecule has 0 aliphatic carbocycles. The van der Waals surface area contributed by atoms with E-state index < -0.39 is 57.8 Å². The van der Waals surface area contributed by atoms with Gasteiger partial charge in [0.2, 0.25) is 12.7 Å². The molecule has 0 radical (unpaired) electrons. The molecule has 0 saturated carbocycles.